The molecule has 1 unspecified atom stereocenters. The van der Waals surface area contributed by atoms with Crippen molar-refractivity contribution in [1.82, 2.24) is 15.1 Å². The number of hydrogen-bond donors (Lipinski definition) is 1. The number of hydrogen-bond acceptors (Lipinski definition) is 4. The minimum absolute atomic E-state index is 0.0778. The van der Waals surface area contributed by atoms with Crippen LogP contribution in [0.25, 0.3) is 11.3 Å². The van der Waals surface area contributed by atoms with Gasteiger partial charge in [0.1, 0.15) is 0 Å². The first kappa shape index (κ1) is 14.0. The van der Waals surface area contributed by atoms with E-state index in [-0.39, 0.29) is 12.0 Å². The highest BCUT2D eigenvalue weighted by Crippen LogP contribution is 2.37. The van der Waals surface area contributed by atoms with E-state index in [1.807, 2.05) is 11.7 Å². The summed E-state index contributed by atoms with van der Waals surface area (Å²) >= 11 is 1.78. The first-order valence-electron chi connectivity index (χ1n) is 7.76. The van der Waals surface area contributed by atoms with E-state index < -0.39 is 0 Å². The quantitative estimate of drug-likeness (QED) is 0.944. The number of nitrogens with zero attached hydrogens (tertiary/aromatic N) is 2. The molecule has 4 rings (SSSR count). The first-order chi connectivity index (χ1) is 10.7. The van der Waals surface area contributed by atoms with E-state index in [4.69, 9.17) is 4.74 Å². The van der Waals surface area contributed by atoms with Gasteiger partial charge < -0.3 is 10.1 Å². The zero-order valence-electron chi connectivity index (χ0n) is 12.6. The van der Waals surface area contributed by atoms with Crippen LogP contribution in [0.5, 0.6) is 0 Å². The Labute approximate surface area is 133 Å². The van der Waals surface area contributed by atoms with Crippen LogP contribution in [0.3, 0.4) is 0 Å². The molecule has 5 nitrogen and oxygen atoms in total. The van der Waals surface area contributed by atoms with Gasteiger partial charge in [0.25, 0.3) is 5.91 Å². The molecule has 2 aliphatic rings. The van der Waals surface area contributed by atoms with E-state index in [0.29, 0.717) is 12.2 Å². The maximum absolute atomic E-state index is 12.5. The fourth-order valence-corrected chi connectivity index (χ4v) is 4.28. The Morgan fingerprint density at radius 2 is 2.45 bits per heavy atom. The average Bonchev–Trinajstić information content (AvgIpc) is 3.24. The monoisotopic (exact) mass is 317 g/mol. The topological polar surface area (TPSA) is 56.2 Å². The van der Waals surface area contributed by atoms with E-state index in [1.54, 1.807) is 11.3 Å². The number of aromatic nitrogens is 2. The first-order valence-corrected chi connectivity index (χ1v) is 8.64. The standard InChI is InChI=1S/C16H19N3O2S/c1-19-15-11-6-8-22-13(11)5-4-12(15)14(18-19)16(20)17-9-10-3-2-7-21-10/h6,8,10H,2-5,7,9H2,1H3,(H,17,20). The lowest BCUT2D eigenvalue weighted by Crippen LogP contribution is -2.32. The lowest BCUT2D eigenvalue weighted by molar-refractivity contribution is 0.0852. The Balaban J connectivity index is 1.58. The molecule has 22 heavy (non-hydrogen) atoms. The highest BCUT2D eigenvalue weighted by molar-refractivity contribution is 7.10. The summed E-state index contributed by atoms with van der Waals surface area (Å²) in [7, 11) is 1.92. The summed E-state index contributed by atoms with van der Waals surface area (Å²) in [5, 5.41) is 9.58. The molecule has 0 radical (unpaired) electrons. The van der Waals surface area contributed by atoms with Crippen molar-refractivity contribution in [3.8, 4) is 11.3 Å². The maximum atomic E-state index is 12.5. The lowest BCUT2D eigenvalue weighted by atomic mass is 9.94. The molecule has 0 saturated carbocycles. The minimum atomic E-state index is -0.0778. The van der Waals surface area contributed by atoms with Gasteiger partial charge in [0.05, 0.1) is 11.8 Å². The van der Waals surface area contributed by atoms with Crippen molar-refractivity contribution in [2.45, 2.75) is 31.8 Å². The van der Waals surface area contributed by atoms with Gasteiger partial charge in [0, 0.05) is 36.2 Å². The van der Waals surface area contributed by atoms with Crippen LogP contribution in [0.2, 0.25) is 0 Å². The molecular weight excluding hydrogens is 298 g/mol. The van der Waals surface area contributed by atoms with E-state index in [2.05, 4.69) is 21.9 Å². The molecule has 3 heterocycles. The van der Waals surface area contributed by atoms with Gasteiger partial charge in [0.15, 0.2) is 5.69 Å². The SMILES string of the molecule is Cn1nc(C(=O)NCC2CCCO2)c2c1-c1ccsc1CC2. The van der Waals surface area contributed by atoms with Crippen LogP contribution >= 0.6 is 11.3 Å². The molecule has 2 aromatic rings. The molecule has 1 fully saturated rings. The van der Waals surface area contributed by atoms with Crippen LogP contribution in [0.4, 0.5) is 0 Å². The third-order valence-electron chi connectivity index (χ3n) is 4.48. The predicted octanol–water partition coefficient (Wildman–Crippen LogP) is 2.16. The fourth-order valence-electron chi connectivity index (χ4n) is 3.40. The van der Waals surface area contributed by atoms with E-state index in [0.717, 1.165) is 43.5 Å². The van der Waals surface area contributed by atoms with Gasteiger partial charge in [-0.25, -0.2) is 0 Å². The highest BCUT2D eigenvalue weighted by atomic mass is 32.1. The normalized spacial score (nSPS) is 19.8. The third-order valence-corrected chi connectivity index (χ3v) is 5.46. The summed E-state index contributed by atoms with van der Waals surface area (Å²) in [4.78, 5) is 13.9. The van der Waals surface area contributed by atoms with Gasteiger partial charge >= 0.3 is 0 Å². The summed E-state index contributed by atoms with van der Waals surface area (Å²) in [6, 6.07) is 2.13. The van der Waals surface area contributed by atoms with Crippen molar-refractivity contribution in [2.75, 3.05) is 13.2 Å². The number of amides is 1. The molecule has 6 heteroatoms. The molecule has 0 spiro atoms. The van der Waals surface area contributed by atoms with Crippen LogP contribution < -0.4 is 5.32 Å². The Morgan fingerprint density at radius 1 is 1.55 bits per heavy atom. The zero-order valence-corrected chi connectivity index (χ0v) is 13.4. The van der Waals surface area contributed by atoms with Crippen molar-refractivity contribution in [3.63, 3.8) is 0 Å². The number of nitrogens with one attached hydrogen (secondary N) is 1. The van der Waals surface area contributed by atoms with Crippen molar-refractivity contribution < 1.29 is 9.53 Å². The Bertz CT molecular complexity index is 713. The summed E-state index contributed by atoms with van der Waals surface area (Å²) in [6.45, 7) is 1.38. The van der Waals surface area contributed by atoms with Crippen LogP contribution in [0.1, 0.15) is 33.8 Å². The van der Waals surface area contributed by atoms with E-state index in [1.165, 1.54) is 10.4 Å². The van der Waals surface area contributed by atoms with Crippen LogP contribution in [-0.4, -0.2) is 34.9 Å². The van der Waals surface area contributed by atoms with Crippen LogP contribution in [0.15, 0.2) is 11.4 Å². The Kier molecular flexibility index (Phi) is 3.50. The summed E-state index contributed by atoms with van der Waals surface area (Å²) in [5.74, 6) is -0.0778. The van der Waals surface area contributed by atoms with E-state index in [9.17, 15) is 4.79 Å². The molecule has 1 amide bonds. The van der Waals surface area contributed by atoms with Crippen LogP contribution in [0, 0.1) is 0 Å². The smallest absolute Gasteiger partial charge is 0.272 e. The molecule has 2 aromatic heterocycles. The summed E-state index contributed by atoms with van der Waals surface area (Å²) < 4.78 is 7.40. The van der Waals surface area contributed by atoms with Crippen molar-refractivity contribution in [1.29, 1.82) is 0 Å². The molecule has 1 saturated heterocycles. The van der Waals surface area contributed by atoms with Gasteiger partial charge in [-0.15, -0.1) is 11.3 Å². The molecule has 1 N–H and O–H groups in total. The summed E-state index contributed by atoms with van der Waals surface area (Å²) in [5.41, 5.74) is 4.00. The Hall–Kier alpha value is -1.66. The number of fused-ring (bicyclic) bond motifs is 3. The summed E-state index contributed by atoms with van der Waals surface area (Å²) in [6.07, 6.45) is 4.16. The number of thiophene rings is 1. The molecule has 1 aliphatic heterocycles. The van der Waals surface area contributed by atoms with Gasteiger partial charge in [-0.1, -0.05) is 0 Å². The van der Waals surface area contributed by atoms with Crippen molar-refractivity contribution in [2.24, 2.45) is 7.05 Å². The third kappa shape index (κ3) is 2.27. The van der Waals surface area contributed by atoms with Gasteiger partial charge in [-0.2, -0.15) is 5.10 Å². The molecule has 1 aliphatic carbocycles. The van der Waals surface area contributed by atoms with Crippen molar-refractivity contribution in [3.05, 3.63) is 27.6 Å². The average molecular weight is 317 g/mol. The number of carbonyl (C=O) groups excluding carboxylic acids is 1. The second-order valence-corrected chi connectivity index (χ2v) is 6.90. The zero-order chi connectivity index (χ0) is 15.1. The van der Waals surface area contributed by atoms with Gasteiger partial charge in [0.2, 0.25) is 0 Å². The number of rotatable bonds is 3. The molecular formula is C16H19N3O2S. The highest BCUT2D eigenvalue weighted by Gasteiger charge is 2.28. The molecule has 0 aromatic carbocycles. The minimum Gasteiger partial charge on any atom is -0.376 e. The fraction of sp³-hybridized carbons (Fsp3) is 0.500. The van der Waals surface area contributed by atoms with Gasteiger partial charge in [-0.3, -0.25) is 9.48 Å². The van der Waals surface area contributed by atoms with E-state index >= 15 is 0 Å². The predicted molar refractivity (Wildman–Crippen MR) is 85.2 cm³/mol. The van der Waals surface area contributed by atoms with Crippen LogP contribution in [-0.2, 0) is 24.6 Å². The number of aryl methyl sites for hydroxylation is 2. The molecule has 116 valence electrons. The second kappa shape index (κ2) is 5.52. The second-order valence-electron chi connectivity index (χ2n) is 5.90. The van der Waals surface area contributed by atoms with Gasteiger partial charge in [-0.05, 0) is 37.1 Å². The molecule has 1 atom stereocenters. The van der Waals surface area contributed by atoms with Crippen molar-refractivity contribution >= 4 is 17.2 Å². The largest absolute Gasteiger partial charge is 0.376 e. The molecule has 0 bridgehead atoms. The number of ether oxygens (including phenoxy) is 1. The Morgan fingerprint density at radius 3 is 3.27 bits per heavy atom. The number of carbonyl (C=O) groups is 1. The lowest BCUT2D eigenvalue weighted by Gasteiger charge is -2.14. The maximum Gasteiger partial charge on any atom is 0.272 e.